The van der Waals surface area contributed by atoms with Crippen molar-refractivity contribution in [3.63, 3.8) is 0 Å². The fraction of sp³-hybridized carbons (Fsp3) is 0.300. The lowest BCUT2D eigenvalue weighted by atomic mass is 10.1. The molecule has 0 saturated heterocycles. The van der Waals surface area contributed by atoms with E-state index in [9.17, 15) is 13.6 Å². The van der Waals surface area contributed by atoms with Crippen LogP contribution in [0.1, 0.15) is 16.8 Å². The number of Topliss-reactive ketones (excluding diaryl/α,β-unsaturated/α-hetero) is 1. The summed E-state index contributed by atoms with van der Waals surface area (Å²) in [6.45, 7) is 0.0943. The summed E-state index contributed by atoms with van der Waals surface area (Å²) in [5.41, 5.74) is 4.84. The summed E-state index contributed by atoms with van der Waals surface area (Å²) in [5, 5.41) is 0. The van der Waals surface area contributed by atoms with Crippen molar-refractivity contribution in [3.8, 4) is 5.75 Å². The van der Waals surface area contributed by atoms with Crippen molar-refractivity contribution in [1.29, 1.82) is 0 Å². The fourth-order valence-corrected chi connectivity index (χ4v) is 1.15. The third-order valence-corrected chi connectivity index (χ3v) is 1.91. The van der Waals surface area contributed by atoms with Gasteiger partial charge in [-0.2, -0.15) is 0 Å². The van der Waals surface area contributed by atoms with E-state index in [4.69, 9.17) is 10.5 Å². The molecule has 0 unspecified atom stereocenters. The van der Waals surface area contributed by atoms with Crippen molar-refractivity contribution in [2.75, 3.05) is 13.7 Å². The highest BCUT2D eigenvalue weighted by Crippen LogP contribution is 2.21. The summed E-state index contributed by atoms with van der Waals surface area (Å²) in [7, 11) is 1.31. The zero-order valence-electron chi connectivity index (χ0n) is 8.22. The Morgan fingerprint density at radius 3 is 2.67 bits per heavy atom. The zero-order chi connectivity index (χ0) is 11.4. The maximum absolute atomic E-state index is 13.2. The Morgan fingerprint density at radius 1 is 1.47 bits per heavy atom. The van der Waals surface area contributed by atoms with E-state index in [0.717, 1.165) is 12.1 Å². The van der Waals surface area contributed by atoms with Gasteiger partial charge in [-0.15, -0.1) is 0 Å². The number of methoxy groups -OCH3 is 1. The average Bonchev–Trinajstić information content (AvgIpc) is 2.22. The Morgan fingerprint density at radius 2 is 2.13 bits per heavy atom. The van der Waals surface area contributed by atoms with Crippen LogP contribution in [0.4, 0.5) is 8.78 Å². The van der Waals surface area contributed by atoms with E-state index in [0.29, 0.717) is 0 Å². The average molecular weight is 215 g/mol. The summed E-state index contributed by atoms with van der Waals surface area (Å²) in [4.78, 5) is 11.3. The van der Waals surface area contributed by atoms with Crippen LogP contribution in [0, 0.1) is 11.6 Å². The second-order valence-electron chi connectivity index (χ2n) is 2.93. The molecule has 3 nitrogen and oxygen atoms in total. The normalized spacial score (nSPS) is 10.1. The lowest BCUT2D eigenvalue weighted by Gasteiger charge is -2.05. The van der Waals surface area contributed by atoms with E-state index >= 15 is 0 Å². The molecule has 0 heterocycles. The van der Waals surface area contributed by atoms with Gasteiger partial charge in [0.1, 0.15) is 5.75 Å². The number of halogens is 2. The number of carbonyl (C=O) groups is 1. The molecule has 0 amide bonds. The maximum Gasteiger partial charge on any atom is 0.169 e. The van der Waals surface area contributed by atoms with Gasteiger partial charge in [-0.3, -0.25) is 4.79 Å². The summed E-state index contributed by atoms with van der Waals surface area (Å²) < 4.78 is 30.9. The molecule has 0 atom stereocenters. The van der Waals surface area contributed by atoms with Gasteiger partial charge in [0.2, 0.25) is 0 Å². The minimum Gasteiger partial charge on any atom is -0.497 e. The van der Waals surface area contributed by atoms with Crippen LogP contribution in [0.25, 0.3) is 0 Å². The third kappa shape index (κ3) is 2.50. The first-order valence-corrected chi connectivity index (χ1v) is 4.36. The highest BCUT2D eigenvalue weighted by Gasteiger charge is 2.16. The summed E-state index contributed by atoms with van der Waals surface area (Å²) in [6.07, 6.45) is -0.0243. The van der Waals surface area contributed by atoms with Gasteiger partial charge in [-0.1, -0.05) is 0 Å². The van der Waals surface area contributed by atoms with Crippen LogP contribution in [-0.4, -0.2) is 19.4 Å². The van der Waals surface area contributed by atoms with Gasteiger partial charge < -0.3 is 10.5 Å². The Hall–Kier alpha value is -1.49. The van der Waals surface area contributed by atoms with Crippen LogP contribution in [0.2, 0.25) is 0 Å². The molecule has 82 valence electrons. The predicted molar refractivity (Wildman–Crippen MR) is 50.9 cm³/mol. The lowest BCUT2D eigenvalue weighted by Crippen LogP contribution is -2.11. The summed E-state index contributed by atoms with van der Waals surface area (Å²) in [5.74, 6) is -2.69. The molecule has 0 spiro atoms. The maximum atomic E-state index is 13.2. The summed E-state index contributed by atoms with van der Waals surface area (Å²) >= 11 is 0. The Labute approximate surface area is 85.8 Å². The molecule has 0 fully saturated rings. The molecule has 1 aromatic rings. The second kappa shape index (κ2) is 4.84. The fourth-order valence-electron chi connectivity index (χ4n) is 1.15. The molecule has 0 aliphatic rings. The van der Waals surface area contributed by atoms with Crippen molar-refractivity contribution in [3.05, 3.63) is 29.3 Å². The quantitative estimate of drug-likeness (QED) is 0.774. The highest BCUT2D eigenvalue weighted by atomic mass is 19.2. The Bertz CT molecular complexity index is 380. The van der Waals surface area contributed by atoms with Gasteiger partial charge in [0.15, 0.2) is 17.4 Å². The molecule has 1 aromatic carbocycles. The van der Waals surface area contributed by atoms with Gasteiger partial charge >= 0.3 is 0 Å². The smallest absolute Gasteiger partial charge is 0.169 e. The molecule has 5 heteroatoms. The van der Waals surface area contributed by atoms with Crippen LogP contribution in [0.5, 0.6) is 5.75 Å². The number of ether oxygens (including phenoxy) is 1. The molecule has 0 radical (unpaired) electrons. The number of ketones is 1. The molecule has 15 heavy (non-hydrogen) atoms. The minimum atomic E-state index is -1.16. The Balaban J connectivity index is 3.15. The van der Waals surface area contributed by atoms with E-state index in [2.05, 4.69) is 0 Å². The molecule has 0 bridgehead atoms. The molecule has 2 N–H and O–H groups in total. The van der Waals surface area contributed by atoms with E-state index in [-0.39, 0.29) is 24.3 Å². The largest absolute Gasteiger partial charge is 0.497 e. The van der Waals surface area contributed by atoms with Crippen molar-refractivity contribution >= 4 is 5.78 Å². The molecule has 0 aliphatic heterocycles. The number of nitrogens with two attached hydrogens (primary N) is 1. The highest BCUT2D eigenvalue weighted by molar-refractivity contribution is 5.96. The van der Waals surface area contributed by atoms with Crippen molar-refractivity contribution in [2.24, 2.45) is 5.73 Å². The van der Waals surface area contributed by atoms with Crippen LogP contribution in [0.3, 0.4) is 0 Å². The van der Waals surface area contributed by atoms with Gasteiger partial charge in [-0.05, 0) is 12.6 Å². The molecule has 0 aromatic heterocycles. The number of carbonyl (C=O) groups excluding carboxylic acids is 1. The molecular formula is C10H11F2NO2. The number of hydrogen-bond donors (Lipinski definition) is 1. The molecule has 1 rings (SSSR count). The zero-order valence-corrected chi connectivity index (χ0v) is 8.22. The van der Waals surface area contributed by atoms with E-state index in [1.54, 1.807) is 0 Å². The second-order valence-corrected chi connectivity index (χ2v) is 2.93. The van der Waals surface area contributed by atoms with Gasteiger partial charge in [0.05, 0.1) is 12.7 Å². The number of benzene rings is 1. The van der Waals surface area contributed by atoms with Crippen molar-refractivity contribution in [2.45, 2.75) is 6.42 Å². The molecule has 0 aliphatic carbocycles. The first-order chi connectivity index (χ1) is 7.10. The first kappa shape index (κ1) is 11.6. The van der Waals surface area contributed by atoms with E-state index < -0.39 is 17.4 Å². The topological polar surface area (TPSA) is 52.3 Å². The first-order valence-electron chi connectivity index (χ1n) is 4.36. The summed E-state index contributed by atoms with van der Waals surface area (Å²) in [6, 6.07) is 2.05. The van der Waals surface area contributed by atoms with Crippen LogP contribution in [-0.2, 0) is 0 Å². The van der Waals surface area contributed by atoms with E-state index in [1.165, 1.54) is 7.11 Å². The standard InChI is InChI=1S/C10H11F2NO2/c1-15-6-4-7(9(14)2-3-13)10(12)8(11)5-6/h4-5H,2-3,13H2,1H3. The van der Waals surface area contributed by atoms with Crippen LogP contribution in [0.15, 0.2) is 12.1 Å². The molecule has 0 saturated carbocycles. The Kier molecular flexibility index (Phi) is 3.74. The van der Waals surface area contributed by atoms with Crippen molar-refractivity contribution < 1.29 is 18.3 Å². The predicted octanol–water partition coefficient (Wildman–Crippen LogP) is 1.50. The van der Waals surface area contributed by atoms with Gasteiger partial charge in [-0.25, -0.2) is 8.78 Å². The lowest BCUT2D eigenvalue weighted by molar-refractivity contribution is 0.0980. The third-order valence-electron chi connectivity index (χ3n) is 1.91. The minimum absolute atomic E-state index is 0.0243. The number of hydrogen-bond acceptors (Lipinski definition) is 3. The van der Waals surface area contributed by atoms with Crippen molar-refractivity contribution in [1.82, 2.24) is 0 Å². The monoisotopic (exact) mass is 215 g/mol. The molecular weight excluding hydrogens is 204 g/mol. The van der Waals surface area contributed by atoms with Gasteiger partial charge in [0, 0.05) is 12.5 Å². The van der Waals surface area contributed by atoms with E-state index in [1.807, 2.05) is 0 Å². The SMILES string of the molecule is COc1cc(F)c(F)c(C(=O)CCN)c1. The van der Waals surface area contributed by atoms with Gasteiger partial charge in [0.25, 0.3) is 0 Å². The number of rotatable bonds is 4. The van der Waals surface area contributed by atoms with Crippen LogP contribution < -0.4 is 10.5 Å². The van der Waals surface area contributed by atoms with Crippen LogP contribution >= 0.6 is 0 Å².